The minimum Gasteiger partial charge on any atom is -0.304 e. The van der Waals surface area contributed by atoms with Crippen LogP contribution in [0.4, 0.5) is 0 Å². The van der Waals surface area contributed by atoms with Gasteiger partial charge in [0.15, 0.2) is 0 Å². The number of hydrogen-bond donors (Lipinski definition) is 0. The van der Waals surface area contributed by atoms with Crippen molar-refractivity contribution in [1.29, 1.82) is 0 Å². The standard InChI is InChI=1S/C18H38N2/c1-8-18(6,11-14-19(7)16(4)5)20-12-9-17(10-13-20)15(2)3/h15-17H,8-14H2,1-7H3. The second-order valence-corrected chi connectivity index (χ2v) is 7.74. The molecule has 2 heteroatoms. The lowest BCUT2D eigenvalue weighted by Crippen LogP contribution is -2.51. The maximum atomic E-state index is 2.78. The number of likely N-dealkylation sites (tertiary alicyclic amines) is 1. The molecular formula is C18H38N2. The Bertz CT molecular complexity index is 267. The summed E-state index contributed by atoms with van der Waals surface area (Å²) in [6.45, 7) is 18.0. The van der Waals surface area contributed by atoms with Crippen LogP contribution in [-0.4, -0.2) is 48.1 Å². The molecule has 1 atom stereocenters. The van der Waals surface area contributed by atoms with E-state index in [0.717, 1.165) is 11.8 Å². The van der Waals surface area contributed by atoms with Gasteiger partial charge in [0.1, 0.15) is 0 Å². The summed E-state index contributed by atoms with van der Waals surface area (Å²) in [5.74, 6) is 1.81. The molecule has 120 valence electrons. The molecule has 2 nitrogen and oxygen atoms in total. The normalized spacial score (nSPS) is 21.9. The zero-order valence-corrected chi connectivity index (χ0v) is 15.1. The SMILES string of the molecule is CCC(C)(CCN(C)C(C)C)N1CCC(C(C)C)CC1. The van der Waals surface area contributed by atoms with Gasteiger partial charge in [-0.15, -0.1) is 0 Å². The summed E-state index contributed by atoms with van der Waals surface area (Å²) in [6, 6.07) is 0.655. The van der Waals surface area contributed by atoms with Crippen LogP contribution in [0.5, 0.6) is 0 Å². The molecule has 1 unspecified atom stereocenters. The molecule has 20 heavy (non-hydrogen) atoms. The minimum absolute atomic E-state index is 0.394. The summed E-state index contributed by atoms with van der Waals surface area (Å²) in [7, 11) is 2.26. The van der Waals surface area contributed by atoms with Crippen LogP contribution in [0, 0.1) is 11.8 Å². The largest absolute Gasteiger partial charge is 0.304 e. The lowest BCUT2D eigenvalue weighted by atomic mass is 9.83. The zero-order chi connectivity index (χ0) is 15.3. The Morgan fingerprint density at radius 1 is 1.15 bits per heavy atom. The van der Waals surface area contributed by atoms with Crippen LogP contribution >= 0.6 is 0 Å². The van der Waals surface area contributed by atoms with Gasteiger partial charge in [0, 0.05) is 11.6 Å². The van der Waals surface area contributed by atoms with E-state index in [1.54, 1.807) is 0 Å². The Kier molecular flexibility index (Phi) is 7.00. The number of nitrogens with zero attached hydrogens (tertiary/aromatic N) is 2. The maximum Gasteiger partial charge on any atom is 0.0191 e. The molecule has 1 aliphatic rings. The average molecular weight is 283 g/mol. The molecule has 1 heterocycles. The summed E-state index contributed by atoms with van der Waals surface area (Å²) >= 11 is 0. The van der Waals surface area contributed by atoms with Crippen LogP contribution in [0.3, 0.4) is 0 Å². The molecule has 1 rings (SSSR count). The number of piperidine rings is 1. The smallest absolute Gasteiger partial charge is 0.0191 e. The topological polar surface area (TPSA) is 6.48 Å². The predicted molar refractivity (Wildman–Crippen MR) is 90.2 cm³/mol. The fourth-order valence-corrected chi connectivity index (χ4v) is 3.34. The molecule has 0 aromatic heterocycles. The first kappa shape index (κ1) is 18.0. The molecule has 0 spiro atoms. The van der Waals surface area contributed by atoms with Gasteiger partial charge >= 0.3 is 0 Å². The molecular weight excluding hydrogens is 244 g/mol. The summed E-state index contributed by atoms with van der Waals surface area (Å²) < 4.78 is 0. The van der Waals surface area contributed by atoms with E-state index in [-0.39, 0.29) is 0 Å². The van der Waals surface area contributed by atoms with E-state index in [1.807, 2.05) is 0 Å². The van der Waals surface area contributed by atoms with Gasteiger partial charge in [0.2, 0.25) is 0 Å². The third-order valence-electron chi connectivity index (χ3n) is 5.89. The van der Waals surface area contributed by atoms with Gasteiger partial charge in [-0.2, -0.15) is 0 Å². The lowest BCUT2D eigenvalue weighted by molar-refractivity contribution is 0.0359. The van der Waals surface area contributed by atoms with Crippen LogP contribution in [0.2, 0.25) is 0 Å². The van der Waals surface area contributed by atoms with E-state index in [2.05, 4.69) is 58.4 Å². The van der Waals surface area contributed by atoms with Crippen molar-refractivity contribution in [2.24, 2.45) is 11.8 Å². The van der Waals surface area contributed by atoms with E-state index >= 15 is 0 Å². The fourth-order valence-electron chi connectivity index (χ4n) is 3.34. The number of hydrogen-bond acceptors (Lipinski definition) is 2. The molecule has 0 aliphatic carbocycles. The van der Waals surface area contributed by atoms with Gasteiger partial charge in [0.05, 0.1) is 0 Å². The second kappa shape index (κ2) is 7.79. The Morgan fingerprint density at radius 2 is 1.70 bits per heavy atom. The molecule has 0 bridgehead atoms. The monoisotopic (exact) mass is 282 g/mol. The van der Waals surface area contributed by atoms with Gasteiger partial charge in [0.25, 0.3) is 0 Å². The highest BCUT2D eigenvalue weighted by molar-refractivity contribution is 4.89. The number of rotatable bonds is 7. The maximum absolute atomic E-state index is 2.78. The molecule has 0 radical (unpaired) electrons. The van der Waals surface area contributed by atoms with Crippen molar-refractivity contribution in [3.05, 3.63) is 0 Å². The van der Waals surface area contributed by atoms with E-state index in [1.165, 1.54) is 45.3 Å². The average Bonchev–Trinajstić information content (AvgIpc) is 2.44. The van der Waals surface area contributed by atoms with Gasteiger partial charge < -0.3 is 4.90 Å². The summed E-state index contributed by atoms with van der Waals surface area (Å²) in [5.41, 5.74) is 0.394. The predicted octanol–water partition coefficient (Wildman–Crippen LogP) is 4.25. The van der Waals surface area contributed by atoms with Gasteiger partial charge in [-0.25, -0.2) is 0 Å². The molecule has 0 saturated carbocycles. The van der Waals surface area contributed by atoms with Crippen molar-refractivity contribution in [3.8, 4) is 0 Å². The first-order chi connectivity index (χ1) is 9.30. The highest BCUT2D eigenvalue weighted by atomic mass is 15.2. The molecule has 0 amide bonds. The Labute approximate surface area is 127 Å². The van der Waals surface area contributed by atoms with Crippen LogP contribution in [0.15, 0.2) is 0 Å². The fraction of sp³-hybridized carbons (Fsp3) is 1.00. The Balaban J connectivity index is 2.52. The van der Waals surface area contributed by atoms with Gasteiger partial charge in [-0.3, -0.25) is 4.90 Å². The molecule has 1 fully saturated rings. The van der Waals surface area contributed by atoms with E-state index in [0.29, 0.717) is 11.6 Å². The molecule has 1 saturated heterocycles. The molecule has 1 aliphatic heterocycles. The first-order valence-corrected chi connectivity index (χ1v) is 8.75. The van der Waals surface area contributed by atoms with E-state index in [4.69, 9.17) is 0 Å². The molecule has 0 N–H and O–H groups in total. The van der Waals surface area contributed by atoms with Crippen molar-refractivity contribution in [2.45, 2.75) is 78.8 Å². The third kappa shape index (κ3) is 4.73. The van der Waals surface area contributed by atoms with Crippen LogP contribution < -0.4 is 0 Å². The minimum atomic E-state index is 0.394. The van der Waals surface area contributed by atoms with Crippen molar-refractivity contribution in [3.63, 3.8) is 0 Å². The van der Waals surface area contributed by atoms with Crippen molar-refractivity contribution in [1.82, 2.24) is 9.80 Å². The Hall–Kier alpha value is -0.0800. The second-order valence-electron chi connectivity index (χ2n) is 7.74. The van der Waals surface area contributed by atoms with E-state index in [9.17, 15) is 0 Å². The molecule has 0 aromatic rings. The van der Waals surface area contributed by atoms with Crippen LogP contribution in [-0.2, 0) is 0 Å². The highest BCUT2D eigenvalue weighted by Gasteiger charge is 2.33. The zero-order valence-electron chi connectivity index (χ0n) is 15.1. The van der Waals surface area contributed by atoms with Crippen molar-refractivity contribution >= 4 is 0 Å². The van der Waals surface area contributed by atoms with Crippen molar-refractivity contribution in [2.75, 3.05) is 26.7 Å². The summed E-state index contributed by atoms with van der Waals surface area (Å²) in [6.07, 6.45) is 5.36. The van der Waals surface area contributed by atoms with Gasteiger partial charge in [-0.1, -0.05) is 20.8 Å². The van der Waals surface area contributed by atoms with Crippen LogP contribution in [0.1, 0.15) is 67.2 Å². The van der Waals surface area contributed by atoms with Crippen molar-refractivity contribution < 1.29 is 0 Å². The Morgan fingerprint density at radius 3 is 2.10 bits per heavy atom. The summed E-state index contributed by atoms with van der Waals surface area (Å²) in [5, 5.41) is 0. The lowest BCUT2D eigenvalue weighted by Gasteiger charge is -2.46. The van der Waals surface area contributed by atoms with Gasteiger partial charge in [-0.05, 0) is 85.0 Å². The van der Waals surface area contributed by atoms with Crippen LogP contribution in [0.25, 0.3) is 0 Å². The first-order valence-electron chi connectivity index (χ1n) is 8.75. The quantitative estimate of drug-likeness (QED) is 0.688. The highest BCUT2D eigenvalue weighted by Crippen LogP contribution is 2.32. The molecule has 0 aromatic carbocycles. The van der Waals surface area contributed by atoms with E-state index < -0.39 is 0 Å². The third-order valence-corrected chi connectivity index (χ3v) is 5.89. The summed E-state index contributed by atoms with van der Waals surface area (Å²) in [4.78, 5) is 5.26.